The van der Waals surface area contributed by atoms with Gasteiger partial charge in [0.1, 0.15) is 13.2 Å². The van der Waals surface area contributed by atoms with Gasteiger partial charge in [-0.1, -0.05) is 17.7 Å². The quantitative estimate of drug-likeness (QED) is 0.460. The van der Waals surface area contributed by atoms with Crippen LogP contribution in [0.15, 0.2) is 46.6 Å². The Balaban J connectivity index is 1.59. The molecule has 4 rings (SSSR count). The second-order valence-electron chi connectivity index (χ2n) is 5.86. The maximum Gasteiger partial charge on any atom is 0.218 e. The molecule has 1 aliphatic rings. The van der Waals surface area contributed by atoms with E-state index in [4.69, 9.17) is 21.7 Å². The highest BCUT2D eigenvalue weighted by atomic mass is 32.1. The van der Waals surface area contributed by atoms with Crippen molar-refractivity contribution in [2.24, 2.45) is 10.2 Å². The number of nitrogens with zero attached hydrogens (tertiary/aromatic N) is 2. The van der Waals surface area contributed by atoms with Crippen LogP contribution in [0.3, 0.4) is 0 Å². The SMILES string of the molecule is Cc1ccc(NC(=S)N=Nc2c(O)[nH]c3cc4c(cc23)OCCO4)cc1. The third-order valence-corrected chi connectivity index (χ3v) is 4.14. The zero-order valence-electron chi connectivity index (χ0n) is 13.9. The molecule has 3 aromatic rings. The number of thiocarbonyl (C=S) groups is 1. The smallest absolute Gasteiger partial charge is 0.218 e. The first kappa shape index (κ1) is 16.3. The van der Waals surface area contributed by atoms with Crippen LogP contribution in [0.5, 0.6) is 17.4 Å². The van der Waals surface area contributed by atoms with Gasteiger partial charge in [0, 0.05) is 17.1 Å². The molecule has 7 nitrogen and oxygen atoms in total. The Bertz CT molecular complexity index is 1010. The zero-order valence-corrected chi connectivity index (χ0v) is 14.8. The summed E-state index contributed by atoms with van der Waals surface area (Å²) in [5.41, 5.74) is 2.95. The normalized spacial score (nSPS) is 13.3. The van der Waals surface area contributed by atoms with Gasteiger partial charge in [0.15, 0.2) is 17.2 Å². The van der Waals surface area contributed by atoms with Gasteiger partial charge in [0.05, 0.1) is 5.52 Å². The van der Waals surface area contributed by atoms with E-state index in [9.17, 15) is 5.11 Å². The minimum Gasteiger partial charge on any atom is -0.493 e. The summed E-state index contributed by atoms with van der Waals surface area (Å²) in [5, 5.41) is 22.1. The number of aromatic hydroxyl groups is 1. The molecule has 26 heavy (non-hydrogen) atoms. The number of rotatable bonds is 2. The molecule has 1 aromatic heterocycles. The molecule has 132 valence electrons. The monoisotopic (exact) mass is 368 g/mol. The van der Waals surface area contributed by atoms with Crippen LogP contribution in [0, 0.1) is 6.92 Å². The van der Waals surface area contributed by atoms with Crippen molar-refractivity contribution in [1.82, 2.24) is 4.98 Å². The first-order valence-electron chi connectivity index (χ1n) is 8.04. The summed E-state index contributed by atoms with van der Waals surface area (Å²) < 4.78 is 11.1. The minimum atomic E-state index is -0.0933. The van der Waals surface area contributed by atoms with Crippen LogP contribution in [0.25, 0.3) is 10.9 Å². The number of fused-ring (bicyclic) bond motifs is 2. The van der Waals surface area contributed by atoms with E-state index in [-0.39, 0.29) is 11.0 Å². The Kier molecular flexibility index (Phi) is 4.18. The molecule has 0 radical (unpaired) electrons. The van der Waals surface area contributed by atoms with Crippen molar-refractivity contribution in [3.8, 4) is 17.4 Å². The molecule has 0 bridgehead atoms. The topological polar surface area (TPSA) is 91.2 Å². The molecule has 0 atom stereocenters. The third-order valence-electron chi connectivity index (χ3n) is 3.96. The number of ether oxygens (including phenoxy) is 2. The van der Waals surface area contributed by atoms with Crippen molar-refractivity contribution in [3.05, 3.63) is 42.0 Å². The van der Waals surface area contributed by atoms with E-state index in [1.165, 1.54) is 0 Å². The fourth-order valence-corrected chi connectivity index (χ4v) is 2.84. The van der Waals surface area contributed by atoms with E-state index in [1.807, 2.05) is 31.2 Å². The standard InChI is InChI=1S/C18H16N4O3S/c1-10-2-4-11(5-3-10)19-18(26)22-21-16-12-8-14-15(25-7-6-24-14)9-13(12)20-17(16)23/h2-5,8-9,20,23H,6-7H2,1H3,(H,19,26). The number of hydrogen-bond donors (Lipinski definition) is 3. The van der Waals surface area contributed by atoms with E-state index >= 15 is 0 Å². The van der Waals surface area contributed by atoms with E-state index < -0.39 is 0 Å². The number of aromatic amines is 1. The fraction of sp³-hybridized carbons (Fsp3) is 0.167. The molecule has 0 fully saturated rings. The lowest BCUT2D eigenvalue weighted by atomic mass is 10.2. The highest BCUT2D eigenvalue weighted by molar-refractivity contribution is 7.80. The van der Waals surface area contributed by atoms with Crippen LogP contribution < -0.4 is 14.8 Å². The highest BCUT2D eigenvalue weighted by Crippen LogP contribution is 2.42. The Hall–Kier alpha value is -3.13. The lowest BCUT2D eigenvalue weighted by Crippen LogP contribution is -2.15. The first-order valence-corrected chi connectivity index (χ1v) is 8.44. The second-order valence-corrected chi connectivity index (χ2v) is 6.25. The molecule has 0 saturated heterocycles. The molecule has 2 heterocycles. The van der Waals surface area contributed by atoms with Crippen LogP contribution in [0.4, 0.5) is 11.4 Å². The lowest BCUT2D eigenvalue weighted by molar-refractivity contribution is 0.172. The van der Waals surface area contributed by atoms with Crippen molar-refractivity contribution in [1.29, 1.82) is 0 Å². The van der Waals surface area contributed by atoms with Crippen molar-refractivity contribution in [2.45, 2.75) is 6.92 Å². The second kappa shape index (κ2) is 6.64. The van der Waals surface area contributed by atoms with Crippen molar-refractivity contribution in [2.75, 3.05) is 18.5 Å². The number of aryl methyl sites for hydroxylation is 1. The van der Waals surface area contributed by atoms with Gasteiger partial charge < -0.3 is 24.9 Å². The largest absolute Gasteiger partial charge is 0.493 e. The average Bonchev–Trinajstić information content (AvgIpc) is 2.94. The van der Waals surface area contributed by atoms with Crippen LogP contribution in [-0.4, -0.2) is 28.4 Å². The minimum absolute atomic E-state index is 0.0933. The van der Waals surface area contributed by atoms with Gasteiger partial charge in [-0.3, -0.25) is 0 Å². The molecule has 0 aliphatic carbocycles. The number of hydrogen-bond acceptors (Lipinski definition) is 5. The van der Waals surface area contributed by atoms with Gasteiger partial charge in [-0.25, -0.2) is 0 Å². The third kappa shape index (κ3) is 3.18. The number of azo groups is 1. The Morgan fingerprint density at radius 2 is 1.85 bits per heavy atom. The van der Waals surface area contributed by atoms with Gasteiger partial charge >= 0.3 is 0 Å². The summed E-state index contributed by atoms with van der Waals surface area (Å²) >= 11 is 5.20. The Morgan fingerprint density at radius 3 is 2.58 bits per heavy atom. The average molecular weight is 368 g/mol. The molecule has 0 amide bonds. The number of aromatic nitrogens is 1. The number of benzene rings is 2. The van der Waals surface area contributed by atoms with Crippen molar-refractivity contribution >= 4 is 39.6 Å². The Labute approximate surface area is 154 Å². The molecule has 8 heteroatoms. The predicted molar refractivity (Wildman–Crippen MR) is 103 cm³/mol. The first-order chi connectivity index (χ1) is 12.6. The lowest BCUT2D eigenvalue weighted by Gasteiger charge is -2.18. The predicted octanol–water partition coefficient (Wildman–Crippen LogP) is 4.43. The molecule has 0 unspecified atom stereocenters. The van der Waals surface area contributed by atoms with E-state index in [1.54, 1.807) is 12.1 Å². The summed E-state index contributed by atoms with van der Waals surface area (Å²) in [6.45, 7) is 2.99. The van der Waals surface area contributed by atoms with Crippen molar-refractivity contribution < 1.29 is 14.6 Å². The molecule has 0 saturated carbocycles. The molecular formula is C18H16N4O3S. The van der Waals surface area contributed by atoms with Crippen LogP contribution in [0.2, 0.25) is 0 Å². The van der Waals surface area contributed by atoms with Gasteiger partial charge in [-0.05, 0) is 37.3 Å². The van der Waals surface area contributed by atoms with E-state index in [0.717, 1.165) is 11.3 Å². The van der Waals surface area contributed by atoms with Crippen LogP contribution in [-0.2, 0) is 0 Å². The molecule has 3 N–H and O–H groups in total. The zero-order chi connectivity index (χ0) is 18.1. The van der Waals surface area contributed by atoms with Gasteiger partial charge in [0.25, 0.3) is 0 Å². The van der Waals surface area contributed by atoms with Crippen molar-refractivity contribution in [3.63, 3.8) is 0 Å². The molecular weight excluding hydrogens is 352 g/mol. The number of anilines is 1. The summed E-state index contributed by atoms with van der Waals surface area (Å²) in [4.78, 5) is 2.86. The van der Waals surface area contributed by atoms with Crippen LogP contribution in [0.1, 0.15) is 5.56 Å². The molecule has 2 aromatic carbocycles. The summed E-state index contributed by atoms with van der Waals surface area (Å²) in [6.07, 6.45) is 0. The molecule has 1 aliphatic heterocycles. The summed E-state index contributed by atoms with van der Waals surface area (Å²) in [7, 11) is 0. The fourth-order valence-electron chi connectivity index (χ4n) is 2.68. The highest BCUT2D eigenvalue weighted by Gasteiger charge is 2.18. The van der Waals surface area contributed by atoms with Gasteiger partial charge in [-0.2, -0.15) is 0 Å². The van der Waals surface area contributed by atoms with E-state index in [2.05, 4.69) is 20.5 Å². The van der Waals surface area contributed by atoms with Gasteiger partial charge in [0.2, 0.25) is 11.0 Å². The summed E-state index contributed by atoms with van der Waals surface area (Å²) in [6, 6.07) is 11.3. The number of nitrogens with one attached hydrogen (secondary N) is 2. The van der Waals surface area contributed by atoms with Crippen LogP contribution >= 0.6 is 12.2 Å². The Morgan fingerprint density at radius 1 is 1.15 bits per heavy atom. The van der Waals surface area contributed by atoms with E-state index in [0.29, 0.717) is 41.3 Å². The molecule has 0 spiro atoms. The summed E-state index contributed by atoms with van der Waals surface area (Å²) in [5.74, 6) is 1.15. The maximum atomic E-state index is 10.2. The maximum absolute atomic E-state index is 10.2. The number of H-pyrrole nitrogens is 1. The van der Waals surface area contributed by atoms with Gasteiger partial charge in [-0.15, -0.1) is 10.2 Å².